The zero-order valence-corrected chi connectivity index (χ0v) is 18.4. The molecule has 1 atom stereocenters. The maximum atomic E-state index is 13.9. The molecule has 1 amide bonds. The number of amides is 1. The molecule has 174 valence electrons. The Morgan fingerprint density at radius 2 is 1.84 bits per heavy atom. The minimum absolute atomic E-state index is 0.0590. The molecule has 1 N–H and O–H groups in total. The van der Waals surface area contributed by atoms with Crippen LogP contribution in [0.3, 0.4) is 0 Å². The number of hydrogen-bond donors (Lipinski definition) is 1. The van der Waals surface area contributed by atoms with Gasteiger partial charge in [0, 0.05) is 37.7 Å². The molecule has 3 rings (SSSR count). The van der Waals surface area contributed by atoms with Crippen LogP contribution in [0.25, 0.3) is 0 Å². The van der Waals surface area contributed by atoms with Crippen LogP contribution in [-0.2, 0) is 17.5 Å². The number of halogens is 5. The van der Waals surface area contributed by atoms with Gasteiger partial charge in [-0.3, -0.25) is 14.6 Å². The fourth-order valence-corrected chi connectivity index (χ4v) is 3.81. The minimum atomic E-state index is -4.64. The molecule has 0 aliphatic carbocycles. The summed E-state index contributed by atoms with van der Waals surface area (Å²) in [6.07, 6.45) is -4.64. The molecule has 0 bridgehead atoms. The Labute approximate surface area is 188 Å². The summed E-state index contributed by atoms with van der Waals surface area (Å²) in [5.41, 5.74) is -0.494. The van der Waals surface area contributed by atoms with E-state index in [0.717, 1.165) is 17.7 Å². The average molecular weight is 474 g/mol. The number of anilines is 1. The highest BCUT2D eigenvalue weighted by molar-refractivity contribution is 6.30. The van der Waals surface area contributed by atoms with Gasteiger partial charge in [-0.15, -0.1) is 0 Å². The van der Waals surface area contributed by atoms with E-state index in [4.69, 9.17) is 16.3 Å². The SMILES string of the molecule is COc1ccc(CN2CCN(C(C)C(=O)Nc3ccc(Cl)cc3C(F)(F)F)CC2)cc1F. The zero-order valence-electron chi connectivity index (χ0n) is 17.7. The summed E-state index contributed by atoms with van der Waals surface area (Å²) in [6, 6.07) is 7.45. The number of alkyl halides is 3. The van der Waals surface area contributed by atoms with E-state index in [0.29, 0.717) is 32.7 Å². The number of carbonyl (C=O) groups is 1. The zero-order chi connectivity index (χ0) is 23.5. The van der Waals surface area contributed by atoms with E-state index in [-0.39, 0.29) is 16.5 Å². The van der Waals surface area contributed by atoms with Crippen molar-refractivity contribution in [1.82, 2.24) is 9.80 Å². The lowest BCUT2D eigenvalue weighted by molar-refractivity contribution is -0.137. The number of rotatable bonds is 6. The van der Waals surface area contributed by atoms with Crippen molar-refractivity contribution in [2.24, 2.45) is 0 Å². The molecule has 0 saturated carbocycles. The highest BCUT2D eigenvalue weighted by atomic mass is 35.5. The summed E-state index contributed by atoms with van der Waals surface area (Å²) in [5.74, 6) is -0.759. The lowest BCUT2D eigenvalue weighted by Gasteiger charge is -2.37. The first-order valence-electron chi connectivity index (χ1n) is 10.0. The third-order valence-electron chi connectivity index (χ3n) is 5.50. The molecule has 2 aromatic rings. The molecular weight excluding hydrogens is 450 g/mol. The summed E-state index contributed by atoms with van der Waals surface area (Å²) in [4.78, 5) is 16.7. The molecular formula is C22H24ClF4N3O2. The summed E-state index contributed by atoms with van der Waals surface area (Å²) in [5, 5.41) is 2.32. The number of piperazine rings is 1. The number of ether oxygens (including phenoxy) is 1. The van der Waals surface area contributed by atoms with Crippen LogP contribution >= 0.6 is 11.6 Å². The molecule has 32 heavy (non-hydrogen) atoms. The normalized spacial score (nSPS) is 16.6. The largest absolute Gasteiger partial charge is 0.494 e. The highest BCUT2D eigenvalue weighted by Crippen LogP contribution is 2.36. The Kier molecular flexibility index (Phi) is 7.63. The first-order valence-corrected chi connectivity index (χ1v) is 10.4. The standard InChI is InChI=1S/C22H24ClF4N3O2/c1-14(21(31)28-19-5-4-16(23)12-17(19)22(25,26)27)30-9-7-29(8-10-30)13-15-3-6-20(32-2)18(24)11-15/h3-6,11-12,14H,7-10,13H2,1-2H3,(H,28,31). The topological polar surface area (TPSA) is 44.8 Å². The Morgan fingerprint density at radius 1 is 1.16 bits per heavy atom. The average Bonchev–Trinajstić information content (AvgIpc) is 2.74. The second kappa shape index (κ2) is 10.1. The smallest absolute Gasteiger partial charge is 0.418 e. The number of methoxy groups -OCH3 is 1. The van der Waals surface area contributed by atoms with Crippen molar-refractivity contribution >= 4 is 23.2 Å². The molecule has 5 nitrogen and oxygen atoms in total. The molecule has 1 saturated heterocycles. The number of nitrogens with zero attached hydrogens (tertiary/aromatic N) is 2. The van der Waals surface area contributed by atoms with Crippen molar-refractivity contribution in [2.75, 3.05) is 38.6 Å². The van der Waals surface area contributed by atoms with Gasteiger partial charge < -0.3 is 10.1 Å². The van der Waals surface area contributed by atoms with Crippen LogP contribution in [0, 0.1) is 5.82 Å². The molecule has 0 spiro atoms. The molecule has 1 aliphatic heterocycles. The van der Waals surface area contributed by atoms with Crippen LogP contribution in [0.5, 0.6) is 5.75 Å². The predicted octanol–water partition coefficient (Wildman–Crippen LogP) is 4.65. The quantitative estimate of drug-likeness (QED) is 0.620. The van der Waals surface area contributed by atoms with Crippen molar-refractivity contribution in [1.29, 1.82) is 0 Å². The number of benzene rings is 2. The van der Waals surface area contributed by atoms with Crippen LogP contribution in [0.15, 0.2) is 36.4 Å². The number of hydrogen-bond acceptors (Lipinski definition) is 4. The van der Waals surface area contributed by atoms with Crippen molar-refractivity contribution in [3.8, 4) is 5.75 Å². The van der Waals surface area contributed by atoms with E-state index in [9.17, 15) is 22.4 Å². The van der Waals surface area contributed by atoms with Gasteiger partial charge >= 0.3 is 6.18 Å². The fourth-order valence-electron chi connectivity index (χ4n) is 3.64. The predicted molar refractivity (Wildman–Crippen MR) is 114 cm³/mol. The Hall–Kier alpha value is -2.36. The fraction of sp³-hybridized carbons (Fsp3) is 0.409. The molecule has 1 aliphatic rings. The first kappa shape index (κ1) is 24.3. The van der Waals surface area contributed by atoms with Crippen LogP contribution in [0.1, 0.15) is 18.1 Å². The monoisotopic (exact) mass is 473 g/mol. The molecule has 10 heteroatoms. The van der Waals surface area contributed by atoms with Gasteiger partial charge in [-0.1, -0.05) is 17.7 Å². The van der Waals surface area contributed by atoms with E-state index in [1.165, 1.54) is 19.2 Å². The van der Waals surface area contributed by atoms with Crippen molar-refractivity contribution in [3.05, 3.63) is 58.4 Å². The van der Waals surface area contributed by atoms with Crippen LogP contribution in [0.2, 0.25) is 5.02 Å². The van der Waals surface area contributed by atoms with Crippen LogP contribution < -0.4 is 10.1 Å². The minimum Gasteiger partial charge on any atom is -0.494 e. The number of carbonyl (C=O) groups excluding carboxylic acids is 1. The van der Waals surface area contributed by atoms with E-state index in [1.54, 1.807) is 19.1 Å². The molecule has 0 radical (unpaired) electrons. The van der Waals surface area contributed by atoms with Gasteiger partial charge in [-0.25, -0.2) is 4.39 Å². The van der Waals surface area contributed by atoms with Gasteiger partial charge in [0.2, 0.25) is 5.91 Å². The molecule has 0 aromatic heterocycles. The second-order valence-corrected chi connectivity index (χ2v) is 8.07. The Balaban J connectivity index is 1.57. The van der Waals surface area contributed by atoms with E-state index in [2.05, 4.69) is 10.2 Å². The molecule has 1 unspecified atom stereocenters. The van der Waals surface area contributed by atoms with Gasteiger partial charge in [0.05, 0.1) is 24.4 Å². The summed E-state index contributed by atoms with van der Waals surface area (Å²) in [6.45, 7) is 4.60. The van der Waals surface area contributed by atoms with E-state index < -0.39 is 29.5 Å². The summed E-state index contributed by atoms with van der Waals surface area (Å²) in [7, 11) is 1.41. The molecule has 1 heterocycles. The third kappa shape index (κ3) is 5.90. The van der Waals surface area contributed by atoms with Gasteiger partial charge in [-0.2, -0.15) is 13.2 Å². The second-order valence-electron chi connectivity index (χ2n) is 7.63. The van der Waals surface area contributed by atoms with Gasteiger partial charge in [0.1, 0.15) is 0 Å². The summed E-state index contributed by atoms with van der Waals surface area (Å²) >= 11 is 5.69. The molecule has 2 aromatic carbocycles. The van der Waals surface area contributed by atoms with Gasteiger partial charge in [0.15, 0.2) is 11.6 Å². The van der Waals surface area contributed by atoms with Crippen molar-refractivity contribution in [2.45, 2.75) is 25.7 Å². The first-order chi connectivity index (χ1) is 15.1. The van der Waals surface area contributed by atoms with E-state index in [1.807, 2.05) is 4.90 Å². The van der Waals surface area contributed by atoms with Crippen molar-refractivity contribution in [3.63, 3.8) is 0 Å². The summed E-state index contributed by atoms with van der Waals surface area (Å²) < 4.78 is 58.6. The maximum Gasteiger partial charge on any atom is 0.418 e. The van der Waals surface area contributed by atoms with Crippen molar-refractivity contribution < 1.29 is 27.1 Å². The van der Waals surface area contributed by atoms with Gasteiger partial charge in [-0.05, 0) is 42.8 Å². The lowest BCUT2D eigenvalue weighted by Crippen LogP contribution is -2.52. The molecule has 1 fully saturated rings. The van der Waals surface area contributed by atoms with Gasteiger partial charge in [0.25, 0.3) is 0 Å². The van der Waals surface area contributed by atoms with Crippen LogP contribution in [-0.4, -0.2) is 55.0 Å². The highest BCUT2D eigenvalue weighted by Gasteiger charge is 2.35. The maximum absolute atomic E-state index is 13.9. The third-order valence-corrected chi connectivity index (χ3v) is 5.74. The Morgan fingerprint density at radius 3 is 2.44 bits per heavy atom. The lowest BCUT2D eigenvalue weighted by atomic mass is 10.1. The van der Waals surface area contributed by atoms with E-state index >= 15 is 0 Å². The van der Waals surface area contributed by atoms with Crippen LogP contribution in [0.4, 0.5) is 23.2 Å². The Bertz CT molecular complexity index is 963. The number of nitrogens with one attached hydrogen (secondary N) is 1.